The summed E-state index contributed by atoms with van der Waals surface area (Å²) in [5.41, 5.74) is 0. The number of likely N-dealkylation sites (tertiary alicyclic amines) is 1. The second-order valence-corrected chi connectivity index (χ2v) is 4.94. The number of nitrogens with zero attached hydrogens (tertiary/aromatic N) is 1. The molecule has 0 aliphatic carbocycles. The monoisotopic (exact) mass is 263 g/mol. The number of β-amino-alcohol motifs (C(OH)–C–C–N with tert-alkyl or cyclic N) is 1. The first-order chi connectivity index (χ1) is 9.24. The second kappa shape index (κ2) is 5.09. The van der Waals surface area contributed by atoms with Crippen molar-refractivity contribution >= 4 is 5.91 Å². The van der Waals surface area contributed by atoms with Crippen LogP contribution < -0.4 is 9.47 Å². The van der Waals surface area contributed by atoms with Gasteiger partial charge in [0.1, 0.15) is 6.61 Å². The van der Waals surface area contributed by atoms with E-state index in [1.165, 1.54) is 0 Å². The molecular formula is C14H17NO4. The van der Waals surface area contributed by atoms with Crippen molar-refractivity contribution in [3.8, 4) is 11.5 Å². The molecule has 1 aromatic rings. The van der Waals surface area contributed by atoms with E-state index in [1.54, 1.807) is 11.0 Å². The summed E-state index contributed by atoms with van der Waals surface area (Å²) < 4.78 is 11.2. The van der Waals surface area contributed by atoms with E-state index in [0.29, 0.717) is 24.6 Å². The van der Waals surface area contributed by atoms with Crippen molar-refractivity contribution < 1.29 is 19.4 Å². The standard InChI is InChI=1S/C14H17NO4/c16-10-4-3-7-15(8-10)14(17)13-9-18-11-5-1-2-6-12(11)19-13/h1-2,5-6,10,13,16H,3-4,7-9H2/t10-,13+/m0/s1. The molecule has 3 rings (SSSR count). The summed E-state index contributed by atoms with van der Waals surface area (Å²) in [5.74, 6) is 1.17. The fourth-order valence-corrected chi connectivity index (χ4v) is 2.50. The largest absolute Gasteiger partial charge is 0.485 e. The van der Waals surface area contributed by atoms with Crippen molar-refractivity contribution in [2.75, 3.05) is 19.7 Å². The Bertz CT molecular complexity index is 476. The highest BCUT2D eigenvalue weighted by Gasteiger charge is 2.33. The number of hydrogen-bond donors (Lipinski definition) is 1. The zero-order valence-corrected chi connectivity index (χ0v) is 10.6. The number of aliphatic hydroxyl groups excluding tert-OH is 1. The van der Waals surface area contributed by atoms with E-state index in [2.05, 4.69) is 0 Å². The molecule has 1 aromatic carbocycles. The fraction of sp³-hybridized carbons (Fsp3) is 0.500. The van der Waals surface area contributed by atoms with Crippen molar-refractivity contribution in [1.82, 2.24) is 4.90 Å². The highest BCUT2D eigenvalue weighted by molar-refractivity contribution is 5.82. The number of rotatable bonds is 1. The fourth-order valence-electron chi connectivity index (χ4n) is 2.50. The predicted octanol–water partition coefficient (Wildman–Crippen LogP) is 0.810. The molecule has 5 nitrogen and oxygen atoms in total. The zero-order chi connectivity index (χ0) is 13.2. The lowest BCUT2D eigenvalue weighted by molar-refractivity contribution is -0.144. The van der Waals surface area contributed by atoms with Gasteiger partial charge >= 0.3 is 0 Å². The number of carbonyl (C=O) groups excluding carboxylic acids is 1. The van der Waals surface area contributed by atoms with Crippen molar-refractivity contribution in [2.24, 2.45) is 0 Å². The summed E-state index contributed by atoms with van der Waals surface area (Å²) in [6, 6.07) is 7.32. The van der Waals surface area contributed by atoms with Crippen LogP contribution >= 0.6 is 0 Å². The highest BCUT2D eigenvalue weighted by Crippen LogP contribution is 2.31. The first kappa shape index (κ1) is 12.3. The van der Waals surface area contributed by atoms with Gasteiger partial charge in [0, 0.05) is 13.1 Å². The topological polar surface area (TPSA) is 59.0 Å². The van der Waals surface area contributed by atoms with Crippen LogP contribution in [-0.4, -0.2) is 47.8 Å². The minimum atomic E-state index is -0.611. The molecule has 1 saturated heterocycles. The van der Waals surface area contributed by atoms with Crippen molar-refractivity contribution in [3.63, 3.8) is 0 Å². The summed E-state index contributed by atoms with van der Waals surface area (Å²) in [5, 5.41) is 9.62. The van der Waals surface area contributed by atoms with Gasteiger partial charge in [-0.3, -0.25) is 4.79 Å². The Morgan fingerprint density at radius 1 is 1.32 bits per heavy atom. The molecule has 102 valence electrons. The lowest BCUT2D eigenvalue weighted by Gasteiger charge is -2.34. The molecule has 0 aromatic heterocycles. The van der Waals surface area contributed by atoms with Gasteiger partial charge in [-0.25, -0.2) is 0 Å². The molecule has 1 N–H and O–H groups in total. The van der Waals surface area contributed by atoms with E-state index in [9.17, 15) is 9.90 Å². The van der Waals surface area contributed by atoms with Gasteiger partial charge in [0.15, 0.2) is 11.5 Å². The minimum Gasteiger partial charge on any atom is -0.485 e. The molecule has 0 spiro atoms. The maximum Gasteiger partial charge on any atom is 0.267 e. The van der Waals surface area contributed by atoms with E-state index in [1.807, 2.05) is 18.2 Å². The number of carbonyl (C=O) groups is 1. The van der Waals surface area contributed by atoms with Crippen LogP contribution in [-0.2, 0) is 4.79 Å². The van der Waals surface area contributed by atoms with Gasteiger partial charge in [-0.1, -0.05) is 12.1 Å². The Morgan fingerprint density at radius 2 is 2.11 bits per heavy atom. The second-order valence-electron chi connectivity index (χ2n) is 4.94. The predicted molar refractivity (Wildman–Crippen MR) is 68.2 cm³/mol. The zero-order valence-electron chi connectivity index (χ0n) is 10.6. The van der Waals surface area contributed by atoms with Crippen LogP contribution in [0.3, 0.4) is 0 Å². The molecule has 5 heteroatoms. The van der Waals surface area contributed by atoms with Gasteiger partial charge in [0.25, 0.3) is 5.91 Å². The summed E-state index contributed by atoms with van der Waals surface area (Å²) in [6.45, 7) is 1.29. The molecule has 1 amide bonds. The lowest BCUT2D eigenvalue weighted by atomic mass is 10.1. The first-order valence-electron chi connectivity index (χ1n) is 6.59. The van der Waals surface area contributed by atoms with Crippen LogP contribution in [0.15, 0.2) is 24.3 Å². The van der Waals surface area contributed by atoms with Crippen LogP contribution in [0.5, 0.6) is 11.5 Å². The number of amides is 1. The number of hydrogen-bond acceptors (Lipinski definition) is 4. The van der Waals surface area contributed by atoms with Crippen molar-refractivity contribution in [2.45, 2.75) is 25.0 Å². The summed E-state index contributed by atoms with van der Waals surface area (Å²) in [4.78, 5) is 14.0. The third-order valence-electron chi connectivity index (χ3n) is 3.49. The van der Waals surface area contributed by atoms with Gasteiger partial charge in [0.05, 0.1) is 6.10 Å². The van der Waals surface area contributed by atoms with Crippen molar-refractivity contribution in [1.29, 1.82) is 0 Å². The average Bonchev–Trinajstić information content (AvgIpc) is 2.46. The van der Waals surface area contributed by atoms with Gasteiger partial charge < -0.3 is 19.5 Å². The smallest absolute Gasteiger partial charge is 0.267 e. The summed E-state index contributed by atoms with van der Waals surface area (Å²) in [6.07, 6.45) is 0.556. The van der Waals surface area contributed by atoms with E-state index < -0.39 is 12.2 Å². The van der Waals surface area contributed by atoms with E-state index in [-0.39, 0.29) is 12.5 Å². The Kier molecular flexibility index (Phi) is 3.29. The van der Waals surface area contributed by atoms with Crippen LogP contribution in [0.1, 0.15) is 12.8 Å². The van der Waals surface area contributed by atoms with Gasteiger partial charge in [0.2, 0.25) is 6.10 Å². The molecule has 1 fully saturated rings. The Hall–Kier alpha value is -1.75. The normalized spacial score (nSPS) is 26.1. The molecule has 2 aliphatic heterocycles. The number of aliphatic hydroxyl groups is 1. The molecule has 2 aliphatic rings. The molecule has 2 atom stereocenters. The molecule has 0 unspecified atom stereocenters. The lowest BCUT2D eigenvalue weighted by Crippen LogP contribution is -2.50. The van der Waals surface area contributed by atoms with E-state index in [0.717, 1.165) is 12.8 Å². The Balaban J connectivity index is 1.69. The molecule has 2 heterocycles. The van der Waals surface area contributed by atoms with E-state index in [4.69, 9.17) is 9.47 Å². The molecule has 0 saturated carbocycles. The molecule has 0 bridgehead atoms. The minimum absolute atomic E-state index is 0.103. The Morgan fingerprint density at radius 3 is 2.89 bits per heavy atom. The van der Waals surface area contributed by atoms with Gasteiger partial charge in [-0.2, -0.15) is 0 Å². The first-order valence-corrected chi connectivity index (χ1v) is 6.59. The number of fused-ring (bicyclic) bond motifs is 1. The van der Waals surface area contributed by atoms with Gasteiger partial charge in [-0.05, 0) is 25.0 Å². The molecular weight excluding hydrogens is 246 g/mol. The maximum absolute atomic E-state index is 12.3. The highest BCUT2D eigenvalue weighted by atomic mass is 16.6. The Labute approximate surface area is 111 Å². The number of piperidine rings is 1. The van der Waals surface area contributed by atoms with E-state index >= 15 is 0 Å². The number of para-hydroxylation sites is 2. The van der Waals surface area contributed by atoms with Crippen molar-refractivity contribution in [3.05, 3.63) is 24.3 Å². The van der Waals surface area contributed by atoms with Crippen LogP contribution in [0, 0.1) is 0 Å². The SMILES string of the molecule is O=C([C@H]1COc2ccccc2O1)N1CCC[C@H](O)C1. The maximum atomic E-state index is 12.3. The summed E-state index contributed by atoms with van der Waals surface area (Å²) in [7, 11) is 0. The van der Waals surface area contributed by atoms with Crippen LogP contribution in [0.25, 0.3) is 0 Å². The third-order valence-corrected chi connectivity index (χ3v) is 3.49. The summed E-state index contributed by atoms with van der Waals surface area (Å²) >= 11 is 0. The molecule has 19 heavy (non-hydrogen) atoms. The van der Waals surface area contributed by atoms with Crippen LogP contribution in [0.4, 0.5) is 0 Å². The molecule has 0 radical (unpaired) electrons. The third kappa shape index (κ3) is 2.51. The average molecular weight is 263 g/mol. The quantitative estimate of drug-likeness (QED) is 0.814. The number of benzene rings is 1. The number of ether oxygens (including phenoxy) is 2. The van der Waals surface area contributed by atoms with Crippen LogP contribution in [0.2, 0.25) is 0 Å². The van der Waals surface area contributed by atoms with Gasteiger partial charge in [-0.15, -0.1) is 0 Å².